The highest BCUT2D eigenvalue weighted by molar-refractivity contribution is 5.78. The molecule has 3 heterocycles. The van der Waals surface area contributed by atoms with Crippen molar-refractivity contribution in [2.75, 3.05) is 26.2 Å². The first-order valence-corrected chi connectivity index (χ1v) is 10.8. The monoisotopic (exact) mass is 454 g/mol. The highest BCUT2D eigenvalue weighted by Gasteiger charge is 2.37. The minimum Gasteiger partial charge on any atom is -0.339 e. The van der Waals surface area contributed by atoms with Crippen molar-refractivity contribution >= 4 is 17.6 Å². The molecule has 2 aromatic rings. The molecule has 0 aromatic carbocycles. The Hall–Kier alpha value is -2.72. The minimum absolute atomic E-state index is 0.0484. The third kappa shape index (κ3) is 5.36. The largest absolute Gasteiger partial charge is 0.453 e. The van der Waals surface area contributed by atoms with Gasteiger partial charge in [-0.2, -0.15) is 18.2 Å². The Kier molecular flexibility index (Phi) is 7.04. The zero-order valence-electron chi connectivity index (χ0n) is 18.9. The van der Waals surface area contributed by atoms with Gasteiger partial charge in [-0.05, 0) is 38.2 Å². The number of aryl methyl sites for hydroxylation is 2. The number of carbonyl (C=O) groups excluding carboxylic acids is 2. The smallest absolute Gasteiger partial charge is 0.339 e. The fourth-order valence-electron chi connectivity index (χ4n) is 3.86. The van der Waals surface area contributed by atoms with Crippen molar-refractivity contribution in [1.29, 1.82) is 0 Å². The molecule has 0 aliphatic carbocycles. The summed E-state index contributed by atoms with van der Waals surface area (Å²) in [6.45, 7) is 9.52. The molecule has 176 valence electrons. The van der Waals surface area contributed by atoms with Crippen molar-refractivity contribution in [3.8, 4) is 0 Å². The zero-order valence-corrected chi connectivity index (χ0v) is 18.9. The van der Waals surface area contributed by atoms with Gasteiger partial charge in [-0.1, -0.05) is 13.8 Å². The molecule has 2 aromatic heterocycles. The molecule has 1 aliphatic rings. The fraction of sp³-hybridized carbons (Fsp3) is 0.667. The van der Waals surface area contributed by atoms with Crippen molar-refractivity contribution in [1.82, 2.24) is 29.4 Å². The SMILES string of the molecule is Cc1nc2nc(C(F)(F)F)nn2c(C)c1CCC(=O)N1CCN(C(=O)CCC(C)C)CC1. The number of halogens is 3. The number of amides is 2. The maximum absolute atomic E-state index is 12.9. The summed E-state index contributed by atoms with van der Waals surface area (Å²) in [6.07, 6.45) is -2.73. The average Bonchev–Trinajstić information content (AvgIpc) is 3.16. The number of hydrogen-bond acceptors (Lipinski definition) is 5. The summed E-state index contributed by atoms with van der Waals surface area (Å²) < 4.78 is 39.9. The summed E-state index contributed by atoms with van der Waals surface area (Å²) >= 11 is 0. The van der Waals surface area contributed by atoms with Crippen LogP contribution in [0.1, 0.15) is 55.9 Å². The minimum atomic E-state index is -4.65. The van der Waals surface area contributed by atoms with E-state index in [0.29, 0.717) is 61.9 Å². The molecule has 0 spiro atoms. The van der Waals surface area contributed by atoms with Crippen LogP contribution in [0, 0.1) is 19.8 Å². The molecular formula is C21H29F3N6O2. The Balaban J connectivity index is 1.60. The summed E-state index contributed by atoms with van der Waals surface area (Å²) in [6, 6.07) is 0. The van der Waals surface area contributed by atoms with Gasteiger partial charge < -0.3 is 9.80 Å². The molecule has 1 aliphatic heterocycles. The number of alkyl halides is 3. The van der Waals surface area contributed by atoms with Crippen molar-refractivity contribution in [2.24, 2.45) is 5.92 Å². The summed E-state index contributed by atoms with van der Waals surface area (Å²) in [5, 5.41) is 3.54. The first-order valence-electron chi connectivity index (χ1n) is 10.8. The predicted octanol–water partition coefficient (Wildman–Crippen LogP) is 2.80. The molecule has 2 amide bonds. The Bertz CT molecular complexity index is 994. The van der Waals surface area contributed by atoms with Gasteiger partial charge in [0, 0.05) is 50.4 Å². The molecule has 8 nitrogen and oxygen atoms in total. The molecule has 32 heavy (non-hydrogen) atoms. The average molecular weight is 454 g/mol. The van der Waals surface area contributed by atoms with Gasteiger partial charge in [-0.15, -0.1) is 5.10 Å². The summed E-state index contributed by atoms with van der Waals surface area (Å²) in [5.41, 5.74) is 1.71. The molecule has 0 unspecified atom stereocenters. The Morgan fingerprint density at radius 3 is 2.06 bits per heavy atom. The molecule has 3 rings (SSSR count). The van der Waals surface area contributed by atoms with Gasteiger partial charge in [0.15, 0.2) is 0 Å². The van der Waals surface area contributed by atoms with E-state index in [0.717, 1.165) is 10.9 Å². The summed E-state index contributed by atoms with van der Waals surface area (Å²) in [5.74, 6) is -0.794. The van der Waals surface area contributed by atoms with Crippen LogP contribution in [0.15, 0.2) is 0 Å². The molecule has 1 saturated heterocycles. The maximum atomic E-state index is 12.9. The van der Waals surface area contributed by atoms with Crippen molar-refractivity contribution in [2.45, 2.75) is 59.6 Å². The Morgan fingerprint density at radius 2 is 1.53 bits per heavy atom. The van der Waals surface area contributed by atoms with E-state index in [1.165, 1.54) is 0 Å². The second kappa shape index (κ2) is 9.41. The van der Waals surface area contributed by atoms with E-state index in [1.807, 2.05) is 0 Å². The summed E-state index contributed by atoms with van der Waals surface area (Å²) in [4.78, 5) is 36.1. The molecule has 0 saturated carbocycles. The first kappa shape index (κ1) is 23.9. The Labute approximate surface area is 184 Å². The second-order valence-corrected chi connectivity index (χ2v) is 8.60. The van der Waals surface area contributed by atoms with Crippen molar-refractivity contribution in [3.05, 3.63) is 22.8 Å². The number of fused-ring (bicyclic) bond motifs is 1. The Morgan fingerprint density at radius 1 is 0.969 bits per heavy atom. The van der Waals surface area contributed by atoms with Gasteiger partial charge in [0.2, 0.25) is 11.8 Å². The second-order valence-electron chi connectivity index (χ2n) is 8.60. The van der Waals surface area contributed by atoms with Crippen LogP contribution in [0.2, 0.25) is 0 Å². The van der Waals surface area contributed by atoms with Crippen LogP contribution in [0.3, 0.4) is 0 Å². The van der Waals surface area contributed by atoms with E-state index >= 15 is 0 Å². The van der Waals surface area contributed by atoms with Crippen molar-refractivity contribution < 1.29 is 22.8 Å². The number of aromatic nitrogens is 4. The van der Waals surface area contributed by atoms with Crippen LogP contribution >= 0.6 is 0 Å². The van der Waals surface area contributed by atoms with Gasteiger partial charge in [0.05, 0.1) is 0 Å². The quantitative estimate of drug-likeness (QED) is 0.670. The lowest BCUT2D eigenvalue weighted by atomic mass is 10.1. The van der Waals surface area contributed by atoms with Crippen LogP contribution in [-0.2, 0) is 22.2 Å². The van der Waals surface area contributed by atoms with Gasteiger partial charge in [-0.25, -0.2) is 9.50 Å². The normalized spacial score (nSPS) is 15.1. The van der Waals surface area contributed by atoms with Gasteiger partial charge in [-0.3, -0.25) is 9.59 Å². The molecule has 0 radical (unpaired) electrons. The number of carbonyl (C=O) groups is 2. The van der Waals surface area contributed by atoms with Gasteiger partial charge in [0.25, 0.3) is 11.6 Å². The first-order chi connectivity index (χ1) is 15.0. The molecule has 11 heteroatoms. The van der Waals surface area contributed by atoms with E-state index in [2.05, 4.69) is 28.9 Å². The number of hydrogen-bond donors (Lipinski definition) is 0. The lowest BCUT2D eigenvalue weighted by Gasteiger charge is -2.35. The van der Waals surface area contributed by atoms with Crippen LogP contribution in [0.5, 0.6) is 0 Å². The van der Waals surface area contributed by atoms with Gasteiger partial charge in [0.1, 0.15) is 0 Å². The van der Waals surface area contributed by atoms with Gasteiger partial charge >= 0.3 is 6.18 Å². The number of nitrogens with zero attached hydrogens (tertiary/aromatic N) is 6. The van der Waals surface area contributed by atoms with Crippen LogP contribution in [-0.4, -0.2) is 67.4 Å². The predicted molar refractivity (Wildman–Crippen MR) is 111 cm³/mol. The van der Waals surface area contributed by atoms with Crippen LogP contribution < -0.4 is 0 Å². The third-order valence-electron chi connectivity index (χ3n) is 5.81. The number of rotatable bonds is 6. The van der Waals surface area contributed by atoms with E-state index in [9.17, 15) is 22.8 Å². The fourth-order valence-corrected chi connectivity index (χ4v) is 3.86. The zero-order chi connectivity index (χ0) is 23.6. The van der Waals surface area contributed by atoms with E-state index in [-0.39, 0.29) is 24.0 Å². The lowest BCUT2D eigenvalue weighted by Crippen LogP contribution is -2.50. The van der Waals surface area contributed by atoms with Crippen molar-refractivity contribution in [3.63, 3.8) is 0 Å². The number of piperazine rings is 1. The van der Waals surface area contributed by atoms with E-state index in [4.69, 9.17) is 0 Å². The molecule has 1 fully saturated rings. The highest BCUT2D eigenvalue weighted by atomic mass is 19.4. The molecule has 0 bridgehead atoms. The highest BCUT2D eigenvalue weighted by Crippen LogP contribution is 2.27. The molecule has 0 atom stereocenters. The van der Waals surface area contributed by atoms with E-state index < -0.39 is 12.0 Å². The topological polar surface area (TPSA) is 83.7 Å². The maximum Gasteiger partial charge on any atom is 0.453 e. The molecular weight excluding hydrogens is 425 g/mol. The third-order valence-corrected chi connectivity index (χ3v) is 5.81. The standard InChI is InChI=1S/C21H29F3N6O2/c1-13(2)5-7-17(31)28-9-11-29(12-10-28)18(32)8-6-16-14(3)25-20-26-19(21(22,23)24)27-30(20)15(16)4/h13H,5-12H2,1-4H3. The lowest BCUT2D eigenvalue weighted by molar-refractivity contribution is -0.144. The summed E-state index contributed by atoms with van der Waals surface area (Å²) in [7, 11) is 0. The van der Waals surface area contributed by atoms with Crippen LogP contribution in [0.25, 0.3) is 5.78 Å². The van der Waals surface area contributed by atoms with E-state index in [1.54, 1.807) is 23.6 Å². The van der Waals surface area contributed by atoms with Crippen LogP contribution in [0.4, 0.5) is 13.2 Å². The molecule has 0 N–H and O–H groups in total.